The van der Waals surface area contributed by atoms with Gasteiger partial charge in [-0.25, -0.2) is 4.79 Å². The number of hydrogen-bond donors (Lipinski definition) is 0. The Balaban J connectivity index is 1.50. The smallest absolute Gasteiger partial charge is 0.409 e. The SMILES string of the molecule is CN1CCC=C(c2nsnc2SCCCN2CCOC2=O)C1. The number of aromatic nitrogens is 2. The maximum atomic E-state index is 11.4. The lowest BCUT2D eigenvalue weighted by Gasteiger charge is -2.22. The summed E-state index contributed by atoms with van der Waals surface area (Å²) >= 11 is 3.01. The van der Waals surface area contributed by atoms with E-state index in [9.17, 15) is 4.79 Å². The fourth-order valence-electron chi connectivity index (χ4n) is 2.59. The third-order valence-electron chi connectivity index (χ3n) is 3.76. The summed E-state index contributed by atoms with van der Waals surface area (Å²) in [4.78, 5) is 15.4. The Morgan fingerprint density at radius 1 is 1.41 bits per heavy atom. The van der Waals surface area contributed by atoms with Crippen molar-refractivity contribution in [1.29, 1.82) is 0 Å². The predicted octanol–water partition coefficient (Wildman–Crippen LogP) is 2.19. The van der Waals surface area contributed by atoms with Gasteiger partial charge < -0.3 is 14.5 Å². The minimum Gasteiger partial charge on any atom is -0.448 e. The molecule has 0 spiro atoms. The minimum atomic E-state index is -0.184. The van der Waals surface area contributed by atoms with Gasteiger partial charge in [0.2, 0.25) is 0 Å². The third kappa shape index (κ3) is 3.80. The average Bonchev–Trinajstić information content (AvgIpc) is 3.13. The summed E-state index contributed by atoms with van der Waals surface area (Å²) in [6.45, 7) is 4.04. The first kappa shape index (κ1) is 15.8. The number of hydrogen-bond acceptors (Lipinski definition) is 7. The van der Waals surface area contributed by atoms with Gasteiger partial charge >= 0.3 is 6.09 Å². The number of nitrogens with zero attached hydrogens (tertiary/aromatic N) is 4. The Morgan fingerprint density at radius 2 is 2.32 bits per heavy atom. The topological polar surface area (TPSA) is 58.6 Å². The van der Waals surface area contributed by atoms with E-state index in [-0.39, 0.29) is 6.09 Å². The fourth-order valence-corrected chi connectivity index (χ4v) is 4.23. The van der Waals surface area contributed by atoms with E-state index in [1.807, 2.05) is 0 Å². The molecule has 0 unspecified atom stereocenters. The van der Waals surface area contributed by atoms with E-state index in [1.54, 1.807) is 16.7 Å². The molecule has 0 aromatic carbocycles. The molecule has 1 aromatic rings. The zero-order valence-corrected chi connectivity index (χ0v) is 14.3. The molecule has 0 bridgehead atoms. The second kappa shape index (κ2) is 7.43. The molecule has 1 fully saturated rings. The molecule has 2 aliphatic heterocycles. The lowest BCUT2D eigenvalue weighted by atomic mass is 10.1. The van der Waals surface area contributed by atoms with Crippen LogP contribution in [0, 0.1) is 0 Å². The maximum Gasteiger partial charge on any atom is 0.409 e. The first-order chi connectivity index (χ1) is 10.7. The van der Waals surface area contributed by atoms with E-state index in [2.05, 4.69) is 26.8 Å². The van der Waals surface area contributed by atoms with E-state index in [0.717, 1.165) is 48.9 Å². The van der Waals surface area contributed by atoms with Gasteiger partial charge in [0, 0.05) is 25.4 Å². The number of thioether (sulfide) groups is 1. The molecular formula is C14H20N4O2S2. The van der Waals surface area contributed by atoms with Crippen LogP contribution >= 0.6 is 23.5 Å². The highest BCUT2D eigenvalue weighted by Crippen LogP contribution is 2.29. The minimum absolute atomic E-state index is 0.184. The van der Waals surface area contributed by atoms with Gasteiger partial charge in [0.25, 0.3) is 0 Å². The molecule has 0 aliphatic carbocycles. The van der Waals surface area contributed by atoms with E-state index < -0.39 is 0 Å². The van der Waals surface area contributed by atoms with Crippen molar-refractivity contribution in [2.75, 3.05) is 45.6 Å². The van der Waals surface area contributed by atoms with Gasteiger partial charge in [-0.1, -0.05) is 6.08 Å². The van der Waals surface area contributed by atoms with E-state index in [1.165, 1.54) is 17.3 Å². The van der Waals surface area contributed by atoms with Crippen LogP contribution in [0.4, 0.5) is 4.79 Å². The summed E-state index contributed by atoms with van der Waals surface area (Å²) in [7, 11) is 2.13. The highest BCUT2D eigenvalue weighted by molar-refractivity contribution is 7.99. The van der Waals surface area contributed by atoms with Crippen molar-refractivity contribution in [3.63, 3.8) is 0 Å². The third-order valence-corrected chi connectivity index (χ3v) is 5.46. The van der Waals surface area contributed by atoms with Crippen LogP contribution in [0.3, 0.4) is 0 Å². The predicted molar refractivity (Wildman–Crippen MR) is 88.3 cm³/mol. The van der Waals surface area contributed by atoms with Crippen molar-refractivity contribution in [3.05, 3.63) is 11.8 Å². The number of carbonyl (C=O) groups excluding carboxylic acids is 1. The Labute approximate surface area is 138 Å². The second-order valence-corrected chi connectivity index (χ2v) is 7.09. The molecule has 2 aliphatic rings. The van der Waals surface area contributed by atoms with E-state index >= 15 is 0 Å². The van der Waals surface area contributed by atoms with Gasteiger partial charge in [0.05, 0.1) is 18.3 Å². The number of amides is 1. The van der Waals surface area contributed by atoms with Crippen LogP contribution in [0.2, 0.25) is 0 Å². The molecule has 0 radical (unpaired) electrons. The number of carbonyl (C=O) groups is 1. The lowest BCUT2D eigenvalue weighted by Crippen LogP contribution is -2.25. The zero-order chi connectivity index (χ0) is 15.4. The molecular weight excluding hydrogens is 320 g/mol. The fraction of sp³-hybridized carbons (Fsp3) is 0.643. The molecule has 22 heavy (non-hydrogen) atoms. The summed E-state index contributed by atoms with van der Waals surface area (Å²) in [5.74, 6) is 0.936. The highest BCUT2D eigenvalue weighted by Gasteiger charge is 2.21. The summed E-state index contributed by atoms with van der Waals surface area (Å²) < 4.78 is 13.8. The molecule has 0 atom stereocenters. The summed E-state index contributed by atoms with van der Waals surface area (Å²) in [6.07, 6.45) is 4.11. The molecule has 3 heterocycles. The number of cyclic esters (lactones) is 1. The van der Waals surface area contributed by atoms with Gasteiger partial charge in [0.15, 0.2) is 0 Å². The van der Waals surface area contributed by atoms with E-state index in [0.29, 0.717) is 13.2 Å². The van der Waals surface area contributed by atoms with E-state index in [4.69, 9.17) is 4.74 Å². The zero-order valence-electron chi connectivity index (χ0n) is 12.7. The Morgan fingerprint density at radius 3 is 3.09 bits per heavy atom. The van der Waals surface area contributed by atoms with Gasteiger partial charge in [0.1, 0.15) is 17.3 Å². The normalized spacial score (nSPS) is 19.4. The molecule has 0 N–H and O–H groups in total. The molecule has 1 amide bonds. The number of rotatable bonds is 6. The van der Waals surface area contributed by atoms with Crippen LogP contribution in [0.1, 0.15) is 18.5 Å². The van der Waals surface area contributed by atoms with Crippen LogP contribution < -0.4 is 0 Å². The molecule has 120 valence electrons. The van der Waals surface area contributed by atoms with Crippen LogP contribution in [0.25, 0.3) is 5.57 Å². The van der Waals surface area contributed by atoms with Crippen molar-refractivity contribution in [1.82, 2.24) is 18.5 Å². The highest BCUT2D eigenvalue weighted by atomic mass is 32.2. The van der Waals surface area contributed by atoms with Crippen LogP contribution in [0.15, 0.2) is 11.1 Å². The van der Waals surface area contributed by atoms with Crippen LogP contribution in [0.5, 0.6) is 0 Å². The second-order valence-electron chi connectivity index (χ2n) is 5.48. The quantitative estimate of drug-likeness (QED) is 0.584. The van der Waals surface area contributed by atoms with Gasteiger partial charge in [-0.2, -0.15) is 8.75 Å². The molecule has 3 rings (SSSR count). The molecule has 6 nitrogen and oxygen atoms in total. The molecule has 1 saturated heterocycles. The van der Waals surface area contributed by atoms with Crippen molar-refractivity contribution in [3.8, 4) is 0 Å². The van der Waals surface area contributed by atoms with Gasteiger partial charge in [-0.3, -0.25) is 0 Å². The maximum absolute atomic E-state index is 11.4. The summed E-state index contributed by atoms with van der Waals surface area (Å²) in [6, 6.07) is 0. The molecule has 8 heteroatoms. The van der Waals surface area contributed by atoms with Crippen LogP contribution in [-0.4, -0.2) is 70.2 Å². The van der Waals surface area contributed by atoms with Crippen molar-refractivity contribution in [2.24, 2.45) is 0 Å². The summed E-state index contributed by atoms with van der Waals surface area (Å²) in [5, 5.41) is 1.02. The monoisotopic (exact) mass is 340 g/mol. The average molecular weight is 340 g/mol. The molecule has 0 saturated carbocycles. The molecule has 1 aromatic heterocycles. The van der Waals surface area contributed by atoms with Crippen LogP contribution in [-0.2, 0) is 4.74 Å². The number of ether oxygens (including phenoxy) is 1. The van der Waals surface area contributed by atoms with Gasteiger partial charge in [-0.15, -0.1) is 11.8 Å². The first-order valence-electron chi connectivity index (χ1n) is 7.49. The number of likely N-dealkylation sites (N-methyl/N-ethyl adjacent to an activating group) is 1. The Bertz CT molecular complexity index is 561. The Hall–Kier alpha value is -1.12. The van der Waals surface area contributed by atoms with Crippen molar-refractivity contribution >= 4 is 35.2 Å². The summed E-state index contributed by atoms with van der Waals surface area (Å²) in [5.41, 5.74) is 2.33. The first-order valence-corrected chi connectivity index (χ1v) is 9.20. The lowest BCUT2D eigenvalue weighted by molar-refractivity contribution is 0.158. The Kier molecular flexibility index (Phi) is 5.32. The van der Waals surface area contributed by atoms with Crippen molar-refractivity contribution < 1.29 is 9.53 Å². The van der Waals surface area contributed by atoms with Gasteiger partial charge in [-0.05, 0) is 25.5 Å². The standard InChI is InChI=1S/C14H20N4O2S2/c1-17-5-2-4-11(10-17)12-13(16-22-15-12)21-9-3-6-18-7-8-20-14(18)19/h4H,2-3,5-10H2,1H3. The largest absolute Gasteiger partial charge is 0.448 e. The van der Waals surface area contributed by atoms with Crippen molar-refractivity contribution in [2.45, 2.75) is 17.9 Å².